The summed E-state index contributed by atoms with van der Waals surface area (Å²) in [5.74, 6) is 0.0516. The smallest absolute Gasteiger partial charge is 0.343 e. The molecule has 9 nitrogen and oxygen atoms in total. The number of rotatable bonds is 6. The number of nitrogens with zero attached hydrogens (tertiary/aromatic N) is 6. The predicted molar refractivity (Wildman–Crippen MR) is 94.8 cm³/mol. The van der Waals surface area contributed by atoms with Crippen molar-refractivity contribution >= 4 is 5.69 Å². The summed E-state index contributed by atoms with van der Waals surface area (Å²) in [6.45, 7) is 0.271. The van der Waals surface area contributed by atoms with Gasteiger partial charge in [0, 0.05) is 5.69 Å². The molecule has 0 aliphatic rings. The standard InChI is InChI=1S/C17H14F2N8O/c18-11-1-5-13(6-2-11)20-9-15-21-17(28)26(23-15)10-16-22-24-25-27(16)14-7-3-12(19)4-8-14/h1-8,20H,9-10H2,(H,21,23,28). The lowest BCUT2D eigenvalue weighted by molar-refractivity contribution is 0.606. The lowest BCUT2D eigenvalue weighted by atomic mass is 10.3. The summed E-state index contributed by atoms with van der Waals surface area (Å²) >= 11 is 0. The summed E-state index contributed by atoms with van der Waals surface area (Å²) in [7, 11) is 0. The zero-order valence-electron chi connectivity index (χ0n) is 14.4. The Morgan fingerprint density at radius 3 is 2.39 bits per heavy atom. The predicted octanol–water partition coefficient (Wildman–Crippen LogP) is 1.49. The second kappa shape index (κ2) is 7.39. The molecule has 2 aromatic heterocycles. The Morgan fingerprint density at radius 1 is 1.00 bits per heavy atom. The Morgan fingerprint density at radius 2 is 1.68 bits per heavy atom. The van der Waals surface area contributed by atoms with E-state index in [2.05, 4.69) is 30.9 Å². The number of halogens is 2. The van der Waals surface area contributed by atoms with Crippen LogP contribution in [0, 0.1) is 11.6 Å². The molecule has 11 heteroatoms. The summed E-state index contributed by atoms with van der Waals surface area (Å²) in [6.07, 6.45) is 0. The third-order valence-electron chi connectivity index (χ3n) is 3.93. The highest BCUT2D eigenvalue weighted by atomic mass is 19.1. The molecule has 0 aliphatic carbocycles. The molecular weight excluding hydrogens is 370 g/mol. The van der Waals surface area contributed by atoms with E-state index in [4.69, 9.17) is 0 Å². The first-order valence-corrected chi connectivity index (χ1v) is 8.27. The third kappa shape index (κ3) is 3.77. The molecule has 2 aromatic carbocycles. The first-order valence-electron chi connectivity index (χ1n) is 8.27. The minimum Gasteiger partial charge on any atom is -0.378 e. The van der Waals surface area contributed by atoms with Crippen molar-refractivity contribution in [2.24, 2.45) is 0 Å². The maximum atomic E-state index is 13.1. The summed E-state index contributed by atoms with van der Waals surface area (Å²) in [6, 6.07) is 11.5. The fraction of sp³-hybridized carbons (Fsp3) is 0.118. The number of tetrazole rings is 1. The summed E-state index contributed by atoms with van der Waals surface area (Å²) in [4.78, 5) is 14.8. The van der Waals surface area contributed by atoms with Crippen LogP contribution in [0.4, 0.5) is 14.5 Å². The molecule has 0 saturated heterocycles. The normalized spacial score (nSPS) is 10.9. The van der Waals surface area contributed by atoms with Crippen LogP contribution < -0.4 is 11.0 Å². The van der Waals surface area contributed by atoms with Gasteiger partial charge in [-0.15, -0.1) is 5.10 Å². The first kappa shape index (κ1) is 17.5. The van der Waals surface area contributed by atoms with Crippen LogP contribution in [0.25, 0.3) is 5.69 Å². The van der Waals surface area contributed by atoms with Crippen molar-refractivity contribution in [2.75, 3.05) is 5.32 Å². The molecule has 2 N–H and O–H groups in total. The SMILES string of the molecule is O=c1[nH]c(CNc2ccc(F)cc2)nn1Cc1nnnn1-c1ccc(F)cc1. The van der Waals surface area contributed by atoms with E-state index in [0.717, 1.165) is 0 Å². The third-order valence-corrected chi connectivity index (χ3v) is 3.93. The van der Waals surface area contributed by atoms with Gasteiger partial charge in [-0.25, -0.2) is 18.3 Å². The van der Waals surface area contributed by atoms with Crippen molar-refractivity contribution in [3.63, 3.8) is 0 Å². The number of nitrogens with one attached hydrogen (secondary N) is 2. The van der Waals surface area contributed by atoms with Gasteiger partial charge in [-0.2, -0.15) is 9.78 Å². The quantitative estimate of drug-likeness (QED) is 0.522. The maximum Gasteiger partial charge on any atom is 0.343 e. The minimum atomic E-state index is -0.426. The minimum absolute atomic E-state index is 0.0241. The Bertz CT molecular complexity index is 1130. The Hall–Kier alpha value is -3.89. The lowest BCUT2D eigenvalue weighted by Crippen LogP contribution is -2.21. The molecule has 0 bridgehead atoms. The van der Waals surface area contributed by atoms with Crippen molar-refractivity contribution in [3.05, 3.63) is 82.3 Å². The van der Waals surface area contributed by atoms with Gasteiger partial charge >= 0.3 is 5.69 Å². The average molecular weight is 384 g/mol. The second-order valence-corrected chi connectivity index (χ2v) is 5.88. The van der Waals surface area contributed by atoms with Gasteiger partial charge < -0.3 is 5.32 Å². The molecule has 0 aliphatic heterocycles. The molecule has 4 aromatic rings. The van der Waals surface area contributed by atoms with Gasteiger partial charge in [0.2, 0.25) is 0 Å². The molecule has 0 fully saturated rings. The van der Waals surface area contributed by atoms with E-state index in [0.29, 0.717) is 23.0 Å². The van der Waals surface area contributed by atoms with Crippen LogP contribution >= 0.6 is 0 Å². The molecule has 0 spiro atoms. The van der Waals surface area contributed by atoms with Crippen LogP contribution in [-0.2, 0) is 13.1 Å². The van der Waals surface area contributed by atoms with E-state index in [9.17, 15) is 13.6 Å². The van der Waals surface area contributed by atoms with E-state index in [-0.39, 0.29) is 24.7 Å². The highest BCUT2D eigenvalue weighted by Crippen LogP contribution is 2.10. The fourth-order valence-corrected chi connectivity index (χ4v) is 2.57. The highest BCUT2D eigenvalue weighted by Gasteiger charge is 2.13. The monoisotopic (exact) mass is 384 g/mol. The maximum absolute atomic E-state index is 13.1. The average Bonchev–Trinajstić information content (AvgIpc) is 3.29. The van der Waals surface area contributed by atoms with Gasteiger partial charge in [0.05, 0.1) is 12.2 Å². The van der Waals surface area contributed by atoms with E-state index >= 15 is 0 Å². The van der Waals surface area contributed by atoms with Crippen LogP contribution in [-0.4, -0.2) is 35.0 Å². The van der Waals surface area contributed by atoms with Gasteiger partial charge in [-0.05, 0) is 59.0 Å². The van der Waals surface area contributed by atoms with Crippen LogP contribution in [0.15, 0.2) is 53.3 Å². The van der Waals surface area contributed by atoms with E-state index in [1.54, 1.807) is 12.1 Å². The van der Waals surface area contributed by atoms with Crippen molar-refractivity contribution < 1.29 is 8.78 Å². The van der Waals surface area contributed by atoms with Crippen LogP contribution in [0.2, 0.25) is 0 Å². The Kier molecular flexibility index (Phi) is 4.62. The topological polar surface area (TPSA) is 106 Å². The molecule has 4 rings (SSSR count). The molecule has 0 unspecified atom stereocenters. The Balaban J connectivity index is 1.49. The lowest BCUT2D eigenvalue weighted by Gasteiger charge is -2.04. The van der Waals surface area contributed by atoms with Crippen molar-refractivity contribution in [3.8, 4) is 5.69 Å². The van der Waals surface area contributed by atoms with Gasteiger partial charge in [-0.3, -0.25) is 4.98 Å². The van der Waals surface area contributed by atoms with Crippen molar-refractivity contribution in [1.82, 2.24) is 35.0 Å². The number of benzene rings is 2. The van der Waals surface area contributed by atoms with E-state index < -0.39 is 5.69 Å². The molecule has 0 atom stereocenters. The zero-order chi connectivity index (χ0) is 19.5. The molecule has 0 radical (unpaired) electrons. The number of aromatic amines is 1. The molecule has 0 amide bonds. The number of hydrogen-bond acceptors (Lipinski definition) is 6. The first-order chi connectivity index (χ1) is 13.6. The van der Waals surface area contributed by atoms with E-state index in [1.807, 2.05) is 0 Å². The highest BCUT2D eigenvalue weighted by molar-refractivity contribution is 5.42. The van der Waals surface area contributed by atoms with Crippen LogP contribution in [0.5, 0.6) is 0 Å². The summed E-state index contributed by atoms with van der Waals surface area (Å²) < 4.78 is 28.6. The Labute approximate surface area is 156 Å². The van der Waals surface area contributed by atoms with Crippen molar-refractivity contribution in [2.45, 2.75) is 13.1 Å². The fourth-order valence-electron chi connectivity index (χ4n) is 2.57. The van der Waals surface area contributed by atoms with Gasteiger partial charge in [0.25, 0.3) is 0 Å². The number of hydrogen-bond donors (Lipinski definition) is 2. The number of aromatic nitrogens is 7. The molecular formula is C17H14F2N8O. The van der Waals surface area contributed by atoms with E-state index in [1.165, 1.54) is 45.8 Å². The second-order valence-electron chi connectivity index (χ2n) is 5.88. The summed E-state index contributed by atoms with van der Waals surface area (Å²) in [5.41, 5.74) is 0.824. The molecule has 2 heterocycles. The van der Waals surface area contributed by atoms with Crippen molar-refractivity contribution in [1.29, 1.82) is 0 Å². The molecule has 142 valence electrons. The van der Waals surface area contributed by atoms with Gasteiger partial charge in [0.1, 0.15) is 24.0 Å². The zero-order valence-corrected chi connectivity index (χ0v) is 14.4. The van der Waals surface area contributed by atoms with Gasteiger partial charge in [-0.1, -0.05) is 0 Å². The largest absolute Gasteiger partial charge is 0.378 e. The summed E-state index contributed by atoms with van der Waals surface area (Å²) in [5, 5.41) is 18.6. The van der Waals surface area contributed by atoms with Gasteiger partial charge in [0.15, 0.2) is 5.82 Å². The van der Waals surface area contributed by atoms with Crippen LogP contribution in [0.1, 0.15) is 11.6 Å². The molecule has 28 heavy (non-hydrogen) atoms. The number of H-pyrrole nitrogens is 1. The van der Waals surface area contributed by atoms with Crippen LogP contribution in [0.3, 0.4) is 0 Å². The molecule has 0 saturated carbocycles. The number of anilines is 1.